The van der Waals surface area contributed by atoms with Gasteiger partial charge in [0.15, 0.2) is 0 Å². The molecule has 0 amide bonds. The van der Waals surface area contributed by atoms with Crippen LogP contribution in [-0.2, 0) is 35.1 Å². The van der Waals surface area contributed by atoms with Gasteiger partial charge in [0.25, 0.3) is 0 Å². The summed E-state index contributed by atoms with van der Waals surface area (Å²) in [5.74, 6) is -1.31. The molecule has 1 aromatic carbocycles. The Labute approximate surface area is 138 Å². The van der Waals surface area contributed by atoms with Crippen LogP contribution in [0.2, 0.25) is 5.02 Å². The lowest BCUT2D eigenvalue weighted by atomic mass is 10.2. The van der Waals surface area contributed by atoms with E-state index in [4.69, 9.17) is 21.1 Å². The number of hydrogen-bond donors (Lipinski definition) is 0. The standard InChI is InChI=1S/C15H17ClO7/c1-20-13(17)8-7-12(14(18)21-2)23-15(19)22-9-10-3-5-11(16)6-4-10/h3-6,12H,7-9H2,1-2H3. The van der Waals surface area contributed by atoms with Gasteiger partial charge in [-0.15, -0.1) is 0 Å². The van der Waals surface area contributed by atoms with Crippen molar-refractivity contribution in [3.05, 3.63) is 34.9 Å². The molecule has 0 saturated heterocycles. The number of benzene rings is 1. The largest absolute Gasteiger partial charge is 0.509 e. The number of esters is 2. The van der Waals surface area contributed by atoms with Gasteiger partial charge in [0.1, 0.15) is 6.61 Å². The van der Waals surface area contributed by atoms with Crippen LogP contribution in [0.5, 0.6) is 0 Å². The van der Waals surface area contributed by atoms with Crippen molar-refractivity contribution in [2.24, 2.45) is 0 Å². The highest BCUT2D eigenvalue weighted by molar-refractivity contribution is 6.30. The minimum absolute atomic E-state index is 0.0408. The Balaban J connectivity index is 2.50. The van der Waals surface area contributed by atoms with Crippen molar-refractivity contribution in [2.75, 3.05) is 14.2 Å². The molecular formula is C15H17ClO7. The third-order valence-corrected chi connectivity index (χ3v) is 3.06. The van der Waals surface area contributed by atoms with Crippen LogP contribution in [0.25, 0.3) is 0 Å². The van der Waals surface area contributed by atoms with E-state index >= 15 is 0 Å². The fourth-order valence-electron chi connectivity index (χ4n) is 1.58. The predicted molar refractivity (Wildman–Crippen MR) is 79.8 cm³/mol. The van der Waals surface area contributed by atoms with Gasteiger partial charge < -0.3 is 18.9 Å². The van der Waals surface area contributed by atoms with E-state index in [2.05, 4.69) is 9.47 Å². The van der Waals surface area contributed by atoms with Gasteiger partial charge in [0, 0.05) is 17.9 Å². The van der Waals surface area contributed by atoms with E-state index in [0.29, 0.717) is 10.6 Å². The van der Waals surface area contributed by atoms with Crippen LogP contribution < -0.4 is 0 Å². The lowest BCUT2D eigenvalue weighted by molar-refractivity contribution is -0.153. The predicted octanol–water partition coefficient (Wildman–Crippen LogP) is 2.49. The summed E-state index contributed by atoms with van der Waals surface area (Å²) >= 11 is 5.74. The molecule has 1 rings (SSSR count). The minimum atomic E-state index is -1.24. The second kappa shape index (κ2) is 9.68. The van der Waals surface area contributed by atoms with E-state index < -0.39 is 24.2 Å². The summed E-state index contributed by atoms with van der Waals surface area (Å²) in [5, 5.41) is 0.560. The molecule has 1 unspecified atom stereocenters. The third kappa shape index (κ3) is 7.01. The number of carbonyl (C=O) groups excluding carboxylic acids is 3. The van der Waals surface area contributed by atoms with Gasteiger partial charge in [0.2, 0.25) is 6.10 Å². The summed E-state index contributed by atoms with van der Waals surface area (Å²) in [6, 6.07) is 6.67. The average molecular weight is 345 g/mol. The normalized spacial score (nSPS) is 11.3. The zero-order valence-electron chi connectivity index (χ0n) is 12.7. The molecule has 0 saturated carbocycles. The Hall–Kier alpha value is -2.28. The van der Waals surface area contributed by atoms with Gasteiger partial charge in [-0.25, -0.2) is 9.59 Å². The first-order valence-corrected chi connectivity index (χ1v) is 7.06. The number of rotatable bonds is 7. The third-order valence-electron chi connectivity index (χ3n) is 2.81. The lowest BCUT2D eigenvalue weighted by Crippen LogP contribution is -2.29. The molecule has 8 heteroatoms. The van der Waals surface area contributed by atoms with E-state index in [1.165, 1.54) is 7.11 Å². The van der Waals surface area contributed by atoms with E-state index in [1.807, 2.05) is 0 Å². The summed E-state index contributed by atoms with van der Waals surface area (Å²) in [6.07, 6.45) is -2.44. The first-order valence-electron chi connectivity index (χ1n) is 6.68. The van der Waals surface area contributed by atoms with Crippen molar-refractivity contribution in [2.45, 2.75) is 25.6 Å². The number of halogens is 1. The van der Waals surface area contributed by atoms with E-state index in [1.54, 1.807) is 24.3 Å². The van der Waals surface area contributed by atoms with Gasteiger partial charge >= 0.3 is 18.1 Å². The summed E-state index contributed by atoms with van der Waals surface area (Å²) in [7, 11) is 2.37. The van der Waals surface area contributed by atoms with Gasteiger partial charge in [-0.1, -0.05) is 23.7 Å². The lowest BCUT2D eigenvalue weighted by Gasteiger charge is -2.15. The molecule has 0 bridgehead atoms. The molecule has 0 fully saturated rings. The Morgan fingerprint density at radius 3 is 2.30 bits per heavy atom. The van der Waals surface area contributed by atoms with Crippen molar-refractivity contribution in [3.63, 3.8) is 0 Å². The minimum Gasteiger partial charge on any atom is -0.469 e. The molecule has 0 aliphatic heterocycles. The Kier molecular flexibility index (Phi) is 7.90. The van der Waals surface area contributed by atoms with Crippen molar-refractivity contribution in [1.29, 1.82) is 0 Å². The maximum absolute atomic E-state index is 11.6. The molecule has 0 radical (unpaired) electrons. The van der Waals surface area contributed by atoms with Crippen molar-refractivity contribution >= 4 is 29.7 Å². The van der Waals surface area contributed by atoms with E-state index in [0.717, 1.165) is 7.11 Å². The summed E-state index contributed by atoms with van der Waals surface area (Å²) < 4.78 is 18.7. The number of ether oxygens (including phenoxy) is 4. The monoisotopic (exact) mass is 344 g/mol. The molecule has 23 heavy (non-hydrogen) atoms. The molecule has 0 spiro atoms. The van der Waals surface area contributed by atoms with Gasteiger partial charge in [-0.05, 0) is 17.7 Å². The highest BCUT2D eigenvalue weighted by atomic mass is 35.5. The van der Waals surface area contributed by atoms with Crippen LogP contribution in [0, 0.1) is 0 Å². The molecule has 0 aromatic heterocycles. The summed E-state index contributed by atoms with van der Waals surface area (Å²) in [5.41, 5.74) is 0.704. The second-order valence-corrected chi connectivity index (χ2v) is 4.85. The molecular weight excluding hydrogens is 328 g/mol. The molecule has 0 aliphatic rings. The molecule has 0 N–H and O–H groups in total. The van der Waals surface area contributed by atoms with Crippen molar-refractivity contribution in [3.8, 4) is 0 Å². The van der Waals surface area contributed by atoms with E-state index in [9.17, 15) is 14.4 Å². The first-order chi connectivity index (χ1) is 11.0. The fourth-order valence-corrected chi connectivity index (χ4v) is 1.71. The maximum atomic E-state index is 11.6. The first kappa shape index (κ1) is 18.8. The fraction of sp³-hybridized carbons (Fsp3) is 0.400. The number of carbonyl (C=O) groups is 3. The number of hydrogen-bond acceptors (Lipinski definition) is 7. The molecule has 0 heterocycles. The van der Waals surface area contributed by atoms with Crippen LogP contribution >= 0.6 is 11.6 Å². The van der Waals surface area contributed by atoms with Crippen LogP contribution in [0.3, 0.4) is 0 Å². The Bertz CT molecular complexity index is 541. The average Bonchev–Trinajstić information content (AvgIpc) is 2.56. The highest BCUT2D eigenvalue weighted by Crippen LogP contribution is 2.12. The SMILES string of the molecule is COC(=O)CCC(OC(=O)OCc1ccc(Cl)cc1)C(=O)OC. The van der Waals surface area contributed by atoms with Crippen LogP contribution in [0.1, 0.15) is 18.4 Å². The zero-order chi connectivity index (χ0) is 17.2. The van der Waals surface area contributed by atoms with Gasteiger partial charge in [0.05, 0.1) is 14.2 Å². The number of methoxy groups -OCH3 is 2. The van der Waals surface area contributed by atoms with Crippen molar-refractivity contribution < 1.29 is 33.3 Å². The molecule has 1 atom stereocenters. The highest BCUT2D eigenvalue weighted by Gasteiger charge is 2.25. The van der Waals surface area contributed by atoms with Gasteiger partial charge in [-0.2, -0.15) is 0 Å². The van der Waals surface area contributed by atoms with Gasteiger partial charge in [-0.3, -0.25) is 4.79 Å². The molecule has 0 aliphatic carbocycles. The second-order valence-electron chi connectivity index (χ2n) is 4.41. The zero-order valence-corrected chi connectivity index (χ0v) is 13.5. The van der Waals surface area contributed by atoms with E-state index in [-0.39, 0.29) is 19.4 Å². The van der Waals surface area contributed by atoms with Crippen molar-refractivity contribution in [1.82, 2.24) is 0 Å². The topological polar surface area (TPSA) is 88.1 Å². The molecule has 1 aromatic rings. The van der Waals surface area contributed by atoms with Crippen LogP contribution in [0.15, 0.2) is 24.3 Å². The summed E-state index contributed by atoms with van der Waals surface area (Å²) in [4.78, 5) is 34.3. The smallest absolute Gasteiger partial charge is 0.469 e. The Morgan fingerprint density at radius 2 is 1.74 bits per heavy atom. The summed E-state index contributed by atoms with van der Waals surface area (Å²) in [6.45, 7) is -0.0408. The van der Waals surface area contributed by atoms with Crippen LogP contribution in [0.4, 0.5) is 4.79 Å². The van der Waals surface area contributed by atoms with Crippen LogP contribution in [-0.4, -0.2) is 38.4 Å². The Morgan fingerprint density at radius 1 is 1.09 bits per heavy atom. The molecule has 7 nitrogen and oxygen atoms in total. The maximum Gasteiger partial charge on any atom is 0.509 e. The quantitative estimate of drug-likeness (QED) is 0.554. The molecule has 126 valence electrons.